The fourth-order valence-electron chi connectivity index (χ4n) is 0.984. The summed E-state index contributed by atoms with van der Waals surface area (Å²) in [6, 6.07) is 0. The molecule has 0 aliphatic heterocycles. The summed E-state index contributed by atoms with van der Waals surface area (Å²) in [6.45, 7) is 1.99. The molecule has 0 amide bonds. The first-order valence-electron chi connectivity index (χ1n) is 3.61. The van der Waals surface area contributed by atoms with Gasteiger partial charge in [-0.2, -0.15) is 12.6 Å². The largest absolute Gasteiger partial charge is 0.243 e. The number of fused-ring (bicyclic) bond motifs is 1. The van der Waals surface area contributed by atoms with E-state index in [0.29, 0.717) is 0 Å². The Labute approximate surface area is 75.5 Å². The molecule has 1 aromatic rings. The third-order valence-corrected chi connectivity index (χ3v) is 2.00. The molecule has 0 radical (unpaired) electrons. The minimum atomic E-state index is -0.227. The zero-order chi connectivity index (χ0) is 8.60. The SMILES string of the molecule is CC1(S)C=Cc2nonc2C=C1. The predicted octanol–water partition coefficient (Wildman–Crippen LogP) is 1.80. The van der Waals surface area contributed by atoms with E-state index in [9.17, 15) is 0 Å². The summed E-state index contributed by atoms with van der Waals surface area (Å²) in [5, 5.41) is 7.45. The van der Waals surface area contributed by atoms with Crippen LogP contribution in [0.4, 0.5) is 0 Å². The van der Waals surface area contributed by atoms with Crippen molar-refractivity contribution in [3.05, 3.63) is 23.5 Å². The molecule has 0 unspecified atom stereocenters. The topological polar surface area (TPSA) is 38.9 Å². The van der Waals surface area contributed by atoms with E-state index < -0.39 is 0 Å². The molecule has 0 N–H and O–H groups in total. The van der Waals surface area contributed by atoms with Crippen LogP contribution in [0.3, 0.4) is 0 Å². The first kappa shape index (κ1) is 7.61. The van der Waals surface area contributed by atoms with Crippen LogP contribution in [-0.4, -0.2) is 15.1 Å². The van der Waals surface area contributed by atoms with E-state index in [2.05, 4.69) is 27.6 Å². The van der Waals surface area contributed by atoms with E-state index in [1.807, 2.05) is 31.2 Å². The highest BCUT2D eigenvalue weighted by Gasteiger charge is 2.15. The van der Waals surface area contributed by atoms with Gasteiger partial charge < -0.3 is 0 Å². The van der Waals surface area contributed by atoms with Crippen LogP contribution in [0.15, 0.2) is 16.8 Å². The van der Waals surface area contributed by atoms with Crippen molar-refractivity contribution in [1.29, 1.82) is 0 Å². The van der Waals surface area contributed by atoms with E-state index in [4.69, 9.17) is 0 Å². The normalized spacial score (nSPS) is 18.8. The summed E-state index contributed by atoms with van der Waals surface area (Å²) >= 11 is 4.41. The van der Waals surface area contributed by atoms with Gasteiger partial charge in [-0.25, -0.2) is 4.63 Å². The zero-order valence-corrected chi connectivity index (χ0v) is 7.45. The van der Waals surface area contributed by atoms with Crippen LogP contribution in [0.25, 0.3) is 12.2 Å². The molecule has 0 bridgehead atoms. The zero-order valence-electron chi connectivity index (χ0n) is 6.56. The van der Waals surface area contributed by atoms with Crippen molar-refractivity contribution >= 4 is 24.8 Å². The third kappa shape index (κ3) is 1.30. The molecule has 0 atom stereocenters. The van der Waals surface area contributed by atoms with Gasteiger partial charge in [-0.3, -0.25) is 0 Å². The fourth-order valence-corrected chi connectivity index (χ4v) is 1.13. The van der Waals surface area contributed by atoms with Gasteiger partial charge in [0.1, 0.15) is 11.4 Å². The highest BCUT2D eigenvalue weighted by Crippen LogP contribution is 2.24. The van der Waals surface area contributed by atoms with Crippen molar-refractivity contribution in [1.82, 2.24) is 10.3 Å². The standard InChI is InChI=1S/C8H8N2OS/c1-8(12)4-2-6-7(3-5-8)10-11-9-6/h2-5,12H,1H3. The van der Waals surface area contributed by atoms with Gasteiger partial charge in [0.15, 0.2) is 0 Å². The van der Waals surface area contributed by atoms with E-state index in [-0.39, 0.29) is 4.75 Å². The lowest BCUT2D eigenvalue weighted by molar-refractivity contribution is 0.305. The highest BCUT2D eigenvalue weighted by atomic mass is 32.1. The molecule has 4 heteroatoms. The number of rotatable bonds is 0. The first-order valence-corrected chi connectivity index (χ1v) is 4.05. The molecule has 0 fully saturated rings. The molecule has 0 spiro atoms. The van der Waals surface area contributed by atoms with Crippen LogP contribution in [-0.2, 0) is 0 Å². The molecular formula is C8H8N2OS. The van der Waals surface area contributed by atoms with Crippen molar-refractivity contribution in [2.24, 2.45) is 0 Å². The molecule has 12 heavy (non-hydrogen) atoms. The molecule has 0 saturated carbocycles. The maximum absolute atomic E-state index is 4.56. The van der Waals surface area contributed by atoms with Gasteiger partial charge in [0.2, 0.25) is 0 Å². The molecule has 62 valence electrons. The molecule has 1 heterocycles. The Bertz CT molecular complexity index is 321. The minimum absolute atomic E-state index is 0.227. The van der Waals surface area contributed by atoms with E-state index in [0.717, 1.165) is 11.4 Å². The lowest BCUT2D eigenvalue weighted by Crippen LogP contribution is -2.05. The van der Waals surface area contributed by atoms with E-state index >= 15 is 0 Å². The molecule has 3 nitrogen and oxygen atoms in total. The van der Waals surface area contributed by atoms with Gasteiger partial charge in [0, 0.05) is 4.75 Å². The quantitative estimate of drug-likeness (QED) is 0.619. The van der Waals surface area contributed by atoms with Crippen LogP contribution in [0, 0.1) is 0 Å². The van der Waals surface area contributed by atoms with Crippen LogP contribution < -0.4 is 0 Å². The van der Waals surface area contributed by atoms with Crippen molar-refractivity contribution in [2.45, 2.75) is 11.7 Å². The molecule has 1 aliphatic carbocycles. The van der Waals surface area contributed by atoms with Gasteiger partial charge in [0.05, 0.1) is 0 Å². The summed E-state index contributed by atoms with van der Waals surface area (Å²) in [5.41, 5.74) is 1.51. The maximum atomic E-state index is 4.56. The first-order chi connectivity index (χ1) is 5.67. The molecule has 0 aromatic carbocycles. The average Bonchev–Trinajstić information content (AvgIpc) is 2.40. The van der Waals surface area contributed by atoms with Crippen LogP contribution >= 0.6 is 12.6 Å². The Hall–Kier alpha value is -1.03. The number of hydrogen-bond acceptors (Lipinski definition) is 4. The van der Waals surface area contributed by atoms with Crippen molar-refractivity contribution in [2.75, 3.05) is 0 Å². The number of aromatic nitrogens is 2. The molecule has 1 aliphatic rings. The summed E-state index contributed by atoms with van der Waals surface area (Å²) in [7, 11) is 0. The third-order valence-electron chi connectivity index (χ3n) is 1.70. The summed E-state index contributed by atoms with van der Waals surface area (Å²) in [4.78, 5) is 0. The number of nitrogens with zero attached hydrogens (tertiary/aromatic N) is 2. The second-order valence-electron chi connectivity index (χ2n) is 2.93. The second kappa shape index (κ2) is 2.48. The number of hydrogen-bond donors (Lipinski definition) is 1. The van der Waals surface area contributed by atoms with Crippen LogP contribution in [0.1, 0.15) is 18.3 Å². The Morgan fingerprint density at radius 3 is 2.25 bits per heavy atom. The van der Waals surface area contributed by atoms with Gasteiger partial charge in [0.25, 0.3) is 0 Å². The van der Waals surface area contributed by atoms with Crippen LogP contribution in [0.5, 0.6) is 0 Å². The van der Waals surface area contributed by atoms with E-state index in [1.54, 1.807) is 0 Å². The molecular weight excluding hydrogens is 172 g/mol. The van der Waals surface area contributed by atoms with Gasteiger partial charge in [-0.05, 0) is 29.4 Å². The van der Waals surface area contributed by atoms with Crippen molar-refractivity contribution < 1.29 is 4.63 Å². The monoisotopic (exact) mass is 180 g/mol. The Balaban J connectivity index is 2.49. The average molecular weight is 180 g/mol. The van der Waals surface area contributed by atoms with Gasteiger partial charge in [-0.1, -0.05) is 12.2 Å². The maximum Gasteiger partial charge on any atom is 0.134 e. The summed E-state index contributed by atoms with van der Waals surface area (Å²) in [5.74, 6) is 0. The van der Waals surface area contributed by atoms with Crippen molar-refractivity contribution in [3.8, 4) is 0 Å². The van der Waals surface area contributed by atoms with Crippen molar-refractivity contribution in [3.63, 3.8) is 0 Å². The van der Waals surface area contributed by atoms with Crippen LogP contribution in [0.2, 0.25) is 0 Å². The highest BCUT2D eigenvalue weighted by molar-refractivity contribution is 7.82. The molecule has 1 aromatic heterocycles. The summed E-state index contributed by atoms with van der Waals surface area (Å²) in [6.07, 6.45) is 7.61. The van der Waals surface area contributed by atoms with Gasteiger partial charge >= 0.3 is 0 Å². The minimum Gasteiger partial charge on any atom is -0.243 e. The smallest absolute Gasteiger partial charge is 0.134 e. The fraction of sp³-hybridized carbons (Fsp3) is 0.250. The summed E-state index contributed by atoms with van der Waals surface area (Å²) < 4.78 is 4.34. The lowest BCUT2D eigenvalue weighted by Gasteiger charge is -2.10. The lowest BCUT2D eigenvalue weighted by atomic mass is 10.1. The Morgan fingerprint density at radius 1 is 1.25 bits per heavy atom. The number of thiol groups is 1. The Morgan fingerprint density at radius 2 is 1.75 bits per heavy atom. The second-order valence-corrected chi connectivity index (χ2v) is 3.89. The Kier molecular flexibility index (Phi) is 1.58. The molecule has 2 rings (SSSR count). The van der Waals surface area contributed by atoms with Gasteiger partial charge in [-0.15, -0.1) is 0 Å². The van der Waals surface area contributed by atoms with E-state index in [1.165, 1.54) is 0 Å². The molecule has 0 saturated heterocycles. The predicted molar refractivity (Wildman–Crippen MR) is 49.8 cm³/mol.